The lowest BCUT2D eigenvalue weighted by Gasteiger charge is -2.34. The minimum atomic E-state index is -1.90. The lowest BCUT2D eigenvalue weighted by molar-refractivity contribution is -0.0123. The van der Waals surface area contributed by atoms with Gasteiger partial charge in [0.25, 0.3) is 0 Å². The van der Waals surface area contributed by atoms with Gasteiger partial charge in [-0.3, -0.25) is 0 Å². The van der Waals surface area contributed by atoms with E-state index < -0.39 is 34.9 Å². The highest BCUT2D eigenvalue weighted by atomic mass is 35.5. The molecule has 8 nitrogen and oxygen atoms in total. The van der Waals surface area contributed by atoms with Crippen LogP contribution in [0.25, 0.3) is 0 Å². The maximum absolute atomic E-state index is 14.8. The van der Waals surface area contributed by atoms with Gasteiger partial charge in [-0.2, -0.15) is 5.10 Å². The van der Waals surface area contributed by atoms with Crippen LogP contribution in [-0.4, -0.2) is 39.8 Å². The van der Waals surface area contributed by atoms with Crippen LogP contribution in [-0.2, 0) is 12.1 Å². The Kier molecular flexibility index (Phi) is 6.58. The Balaban J connectivity index is 1.76. The third-order valence-corrected chi connectivity index (χ3v) is 6.03. The zero-order chi connectivity index (χ0) is 24.5. The van der Waals surface area contributed by atoms with Crippen LogP contribution in [0.5, 0.6) is 0 Å². The summed E-state index contributed by atoms with van der Waals surface area (Å²) in [6, 6.07) is 4.51. The minimum Gasteiger partial charge on any atom is -0.382 e. The topological polar surface area (TPSA) is 102 Å². The van der Waals surface area contributed by atoms with Gasteiger partial charge >= 0.3 is 0 Å². The molecule has 3 heterocycles. The van der Waals surface area contributed by atoms with Crippen LogP contribution >= 0.6 is 11.6 Å². The van der Waals surface area contributed by atoms with Gasteiger partial charge in [0.1, 0.15) is 42.5 Å². The SMILES string of the molecule is CC(c1cc(C(C)C(O)(Cn2cncn2)c2ccc(F)cc2F)ncn1)c1ncnc(Cl)c1F. The van der Waals surface area contributed by atoms with E-state index in [0.717, 1.165) is 12.4 Å². The quantitative estimate of drug-likeness (QED) is 0.394. The Morgan fingerprint density at radius 1 is 1.00 bits per heavy atom. The molecule has 3 aromatic heterocycles. The molecule has 0 aliphatic heterocycles. The number of hydrogen-bond donors (Lipinski definition) is 1. The lowest BCUT2D eigenvalue weighted by Crippen LogP contribution is -2.38. The van der Waals surface area contributed by atoms with Gasteiger partial charge in [-0.15, -0.1) is 0 Å². The van der Waals surface area contributed by atoms with Crippen LogP contribution in [0.1, 0.15) is 48.3 Å². The van der Waals surface area contributed by atoms with Crippen molar-refractivity contribution in [3.05, 3.63) is 94.8 Å². The van der Waals surface area contributed by atoms with Crippen molar-refractivity contribution < 1.29 is 18.3 Å². The number of aromatic nitrogens is 7. The Morgan fingerprint density at radius 2 is 1.74 bits per heavy atom. The number of benzene rings is 1. The van der Waals surface area contributed by atoms with Crippen molar-refractivity contribution in [3.63, 3.8) is 0 Å². The molecule has 0 radical (unpaired) electrons. The van der Waals surface area contributed by atoms with Crippen LogP contribution in [0.2, 0.25) is 5.15 Å². The summed E-state index contributed by atoms with van der Waals surface area (Å²) in [7, 11) is 0. The van der Waals surface area contributed by atoms with Gasteiger partial charge in [0.15, 0.2) is 11.0 Å². The van der Waals surface area contributed by atoms with E-state index in [-0.39, 0.29) is 23.0 Å². The molecule has 0 aliphatic carbocycles. The normalized spacial score (nSPS) is 15.0. The highest BCUT2D eigenvalue weighted by Gasteiger charge is 2.41. The second-order valence-electron chi connectivity index (χ2n) is 7.82. The summed E-state index contributed by atoms with van der Waals surface area (Å²) in [4.78, 5) is 19.9. The molecule has 3 atom stereocenters. The summed E-state index contributed by atoms with van der Waals surface area (Å²) >= 11 is 5.78. The van der Waals surface area contributed by atoms with E-state index in [1.54, 1.807) is 19.9 Å². The first-order valence-electron chi connectivity index (χ1n) is 10.2. The molecule has 4 aromatic rings. The summed E-state index contributed by atoms with van der Waals surface area (Å²) in [6.07, 6.45) is 5.05. The Morgan fingerprint density at radius 3 is 2.44 bits per heavy atom. The predicted octanol–water partition coefficient (Wildman–Crippen LogP) is 3.77. The summed E-state index contributed by atoms with van der Waals surface area (Å²) in [6.45, 7) is 3.13. The first-order valence-corrected chi connectivity index (χ1v) is 10.6. The Hall–Kier alpha value is -3.44. The van der Waals surface area contributed by atoms with Gasteiger partial charge in [-0.05, 0) is 12.1 Å². The molecular weight excluding hydrogens is 471 g/mol. The van der Waals surface area contributed by atoms with E-state index in [4.69, 9.17) is 11.6 Å². The predicted molar refractivity (Wildman–Crippen MR) is 115 cm³/mol. The maximum atomic E-state index is 14.8. The minimum absolute atomic E-state index is 0.0414. The van der Waals surface area contributed by atoms with E-state index in [9.17, 15) is 18.3 Å². The molecule has 176 valence electrons. The van der Waals surface area contributed by atoms with Crippen molar-refractivity contribution in [2.24, 2.45) is 0 Å². The highest BCUT2D eigenvalue weighted by Crippen LogP contribution is 2.39. The molecule has 1 aromatic carbocycles. The van der Waals surface area contributed by atoms with Crippen LogP contribution in [0.3, 0.4) is 0 Å². The summed E-state index contributed by atoms with van der Waals surface area (Å²) in [5, 5.41) is 15.5. The van der Waals surface area contributed by atoms with Crippen LogP contribution < -0.4 is 0 Å². The van der Waals surface area contributed by atoms with Gasteiger partial charge in [-0.1, -0.05) is 31.5 Å². The molecule has 0 fully saturated rings. The molecule has 4 rings (SSSR count). The van der Waals surface area contributed by atoms with Gasteiger partial charge in [0.05, 0.1) is 23.6 Å². The second kappa shape index (κ2) is 9.43. The molecular formula is C22H19ClF3N7O. The fourth-order valence-electron chi connectivity index (χ4n) is 3.77. The number of aliphatic hydroxyl groups is 1. The van der Waals surface area contributed by atoms with Crippen molar-refractivity contribution in [2.45, 2.75) is 37.8 Å². The first kappa shape index (κ1) is 23.7. The van der Waals surface area contributed by atoms with Crippen LogP contribution in [0.15, 0.2) is 49.6 Å². The van der Waals surface area contributed by atoms with E-state index in [1.165, 1.54) is 29.7 Å². The molecule has 0 saturated carbocycles. The molecule has 0 spiro atoms. The van der Waals surface area contributed by atoms with Crippen molar-refractivity contribution in [1.82, 2.24) is 34.7 Å². The number of halogens is 4. The molecule has 3 unspecified atom stereocenters. The third-order valence-electron chi connectivity index (χ3n) is 5.76. The third kappa shape index (κ3) is 4.48. The van der Waals surface area contributed by atoms with Crippen molar-refractivity contribution in [2.75, 3.05) is 0 Å². The molecule has 0 aliphatic rings. The van der Waals surface area contributed by atoms with E-state index in [1.807, 2.05) is 0 Å². The van der Waals surface area contributed by atoms with E-state index in [2.05, 4.69) is 30.0 Å². The first-order chi connectivity index (χ1) is 16.2. The largest absolute Gasteiger partial charge is 0.382 e. The summed E-state index contributed by atoms with van der Waals surface area (Å²) in [5.74, 6) is -3.92. The van der Waals surface area contributed by atoms with E-state index in [0.29, 0.717) is 17.5 Å². The molecule has 12 heteroatoms. The number of nitrogens with zero attached hydrogens (tertiary/aromatic N) is 7. The fourth-order valence-corrected chi connectivity index (χ4v) is 3.91. The standard InChI is InChI=1S/C22H19ClF3N7O/c1-12(20-19(26)21(23)31-10-30-20)17-6-18(29-9-28-17)13(2)22(34,7-33-11-27-8-32-33)15-4-3-14(24)5-16(15)25/h3-6,8-13,34H,7H2,1-2H3. The van der Waals surface area contributed by atoms with Crippen LogP contribution in [0, 0.1) is 17.5 Å². The van der Waals surface area contributed by atoms with Crippen molar-refractivity contribution in [1.29, 1.82) is 0 Å². The molecule has 0 saturated heterocycles. The van der Waals surface area contributed by atoms with Gasteiger partial charge < -0.3 is 5.11 Å². The smallest absolute Gasteiger partial charge is 0.182 e. The Bertz CT molecular complexity index is 1310. The Labute approximate surface area is 197 Å². The van der Waals surface area contributed by atoms with Gasteiger partial charge in [0.2, 0.25) is 0 Å². The maximum Gasteiger partial charge on any atom is 0.182 e. The fraction of sp³-hybridized carbons (Fsp3) is 0.273. The summed E-state index contributed by atoms with van der Waals surface area (Å²) in [5.41, 5.74) is -1.26. The molecule has 1 N–H and O–H groups in total. The average molecular weight is 490 g/mol. The molecule has 34 heavy (non-hydrogen) atoms. The second-order valence-corrected chi connectivity index (χ2v) is 8.17. The molecule has 0 amide bonds. The zero-order valence-electron chi connectivity index (χ0n) is 18.1. The lowest BCUT2D eigenvalue weighted by atomic mass is 9.79. The van der Waals surface area contributed by atoms with Gasteiger partial charge in [-0.25, -0.2) is 42.8 Å². The average Bonchev–Trinajstić information content (AvgIpc) is 3.32. The van der Waals surface area contributed by atoms with Crippen molar-refractivity contribution >= 4 is 11.6 Å². The van der Waals surface area contributed by atoms with Crippen molar-refractivity contribution in [3.8, 4) is 0 Å². The highest BCUT2D eigenvalue weighted by molar-refractivity contribution is 6.29. The van der Waals surface area contributed by atoms with Gasteiger partial charge in [0, 0.05) is 23.5 Å². The zero-order valence-corrected chi connectivity index (χ0v) is 18.8. The summed E-state index contributed by atoms with van der Waals surface area (Å²) < 4.78 is 44.2. The van der Waals surface area contributed by atoms with E-state index >= 15 is 0 Å². The molecule has 0 bridgehead atoms. The van der Waals surface area contributed by atoms with Crippen LogP contribution in [0.4, 0.5) is 13.2 Å². The monoisotopic (exact) mass is 489 g/mol. The number of hydrogen-bond acceptors (Lipinski definition) is 7. The number of rotatable bonds is 7.